The van der Waals surface area contributed by atoms with Crippen molar-refractivity contribution >= 4 is 34.4 Å². The highest BCUT2D eigenvalue weighted by Gasteiger charge is 2.48. The van der Waals surface area contributed by atoms with E-state index in [4.69, 9.17) is 9.47 Å². The number of methoxy groups -OCH3 is 1. The number of nitrogens with zero attached hydrogens (tertiary/aromatic N) is 2. The Bertz CT molecular complexity index is 1430. The number of aliphatic imine (C=N–C) groups is 1. The quantitative estimate of drug-likeness (QED) is 0.278. The Balaban J connectivity index is 1.28. The van der Waals surface area contributed by atoms with Crippen molar-refractivity contribution in [3.05, 3.63) is 84.3 Å². The van der Waals surface area contributed by atoms with Gasteiger partial charge in [-0.3, -0.25) is 14.8 Å². The number of carbonyl (C=O) groups excluding carboxylic acids is 1. The first-order valence-electron chi connectivity index (χ1n) is 11.9. The van der Waals surface area contributed by atoms with Crippen LogP contribution in [0, 0.1) is 11.2 Å². The van der Waals surface area contributed by atoms with Crippen molar-refractivity contribution in [2.24, 2.45) is 10.4 Å². The third-order valence-corrected chi connectivity index (χ3v) is 6.35. The first-order valence-corrected chi connectivity index (χ1v) is 11.9. The fraction of sp³-hybridized carbons (Fsp3) is 0.207. The summed E-state index contributed by atoms with van der Waals surface area (Å²) in [6, 6.07) is 18.9. The van der Waals surface area contributed by atoms with Crippen molar-refractivity contribution in [1.29, 1.82) is 0 Å². The summed E-state index contributed by atoms with van der Waals surface area (Å²) in [7, 11) is 1.66. The summed E-state index contributed by atoms with van der Waals surface area (Å²) >= 11 is 0. The molecule has 0 unspecified atom stereocenters. The molecule has 36 heavy (non-hydrogen) atoms. The van der Waals surface area contributed by atoms with Crippen molar-refractivity contribution in [3.63, 3.8) is 0 Å². The number of hydrogen-bond acceptors (Lipinski definition) is 5. The van der Waals surface area contributed by atoms with E-state index < -0.39 is 5.41 Å². The molecule has 1 fully saturated rings. The molecule has 7 heteroatoms. The van der Waals surface area contributed by atoms with Crippen molar-refractivity contribution < 1.29 is 18.7 Å². The van der Waals surface area contributed by atoms with Crippen LogP contribution in [-0.4, -0.2) is 24.2 Å². The summed E-state index contributed by atoms with van der Waals surface area (Å²) in [5, 5.41) is 3.83. The maximum absolute atomic E-state index is 13.1. The average molecular weight is 484 g/mol. The Labute approximate surface area is 208 Å². The molecule has 182 valence electrons. The van der Waals surface area contributed by atoms with Crippen LogP contribution in [0.5, 0.6) is 17.2 Å². The molecule has 3 aromatic carbocycles. The van der Waals surface area contributed by atoms with Gasteiger partial charge < -0.3 is 14.8 Å². The fourth-order valence-electron chi connectivity index (χ4n) is 4.01. The first kappa shape index (κ1) is 23.5. The molecule has 1 N–H and O–H groups in total. The van der Waals surface area contributed by atoms with Crippen LogP contribution in [0.25, 0.3) is 10.9 Å². The molecular formula is C29H26FN3O3. The topological polar surface area (TPSA) is 72.8 Å². The minimum atomic E-state index is -0.629. The molecule has 1 amide bonds. The highest BCUT2D eigenvalue weighted by atomic mass is 19.1. The Morgan fingerprint density at radius 2 is 1.83 bits per heavy atom. The van der Waals surface area contributed by atoms with Crippen LogP contribution >= 0.6 is 0 Å². The number of pyridine rings is 1. The first-order chi connectivity index (χ1) is 17.5. The number of ether oxygens (including phenoxy) is 2. The van der Waals surface area contributed by atoms with Gasteiger partial charge in [0.15, 0.2) is 0 Å². The van der Waals surface area contributed by atoms with E-state index in [1.807, 2.05) is 30.3 Å². The van der Waals surface area contributed by atoms with Gasteiger partial charge >= 0.3 is 0 Å². The zero-order chi connectivity index (χ0) is 25.1. The lowest BCUT2D eigenvalue weighted by Crippen LogP contribution is -2.25. The van der Waals surface area contributed by atoms with Gasteiger partial charge in [0.2, 0.25) is 5.91 Å². The predicted octanol–water partition coefficient (Wildman–Crippen LogP) is 6.86. The molecule has 0 atom stereocenters. The molecule has 1 aromatic heterocycles. The standard InChI is InChI=1S/C29H26FN3O3/c1-3-19-16-25-24(17-27(19)35-2)26(12-15-31-25)36-23-10-8-22(9-11-23)33-28(34)29(13-14-29)18-32-21-6-4-20(30)5-7-21/h4-12,15-18H,3,13-14H2,1-2H3,(H,33,34). The highest BCUT2D eigenvalue weighted by molar-refractivity contribution is 6.08. The zero-order valence-electron chi connectivity index (χ0n) is 20.1. The second-order valence-electron chi connectivity index (χ2n) is 8.82. The number of nitrogens with one attached hydrogen (secondary N) is 1. The van der Waals surface area contributed by atoms with E-state index in [2.05, 4.69) is 22.2 Å². The lowest BCUT2D eigenvalue weighted by Gasteiger charge is -2.13. The summed E-state index contributed by atoms with van der Waals surface area (Å²) in [6.07, 6.45) is 5.69. The Morgan fingerprint density at radius 3 is 2.50 bits per heavy atom. The number of hydrogen-bond donors (Lipinski definition) is 1. The summed E-state index contributed by atoms with van der Waals surface area (Å²) < 4.78 is 24.8. The third-order valence-electron chi connectivity index (χ3n) is 6.35. The van der Waals surface area contributed by atoms with Crippen LogP contribution in [0.3, 0.4) is 0 Å². The maximum atomic E-state index is 13.1. The molecule has 0 saturated heterocycles. The second kappa shape index (κ2) is 9.77. The molecule has 1 aliphatic carbocycles. The summed E-state index contributed by atoms with van der Waals surface area (Å²) in [5.41, 5.74) is 2.58. The Kier molecular flexibility index (Phi) is 6.38. The molecule has 6 nitrogen and oxygen atoms in total. The summed E-state index contributed by atoms with van der Waals surface area (Å²) in [5.74, 6) is 1.69. The number of carbonyl (C=O) groups is 1. The highest BCUT2D eigenvalue weighted by Crippen LogP contribution is 2.45. The molecule has 4 aromatic rings. The molecule has 0 spiro atoms. The number of halogens is 1. The Hall–Kier alpha value is -4.26. The van der Waals surface area contributed by atoms with Gasteiger partial charge in [-0.25, -0.2) is 4.39 Å². The van der Waals surface area contributed by atoms with Crippen molar-refractivity contribution in [2.75, 3.05) is 12.4 Å². The zero-order valence-corrected chi connectivity index (χ0v) is 20.1. The van der Waals surface area contributed by atoms with Crippen LogP contribution in [0.1, 0.15) is 25.3 Å². The van der Waals surface area contributed by atoms with Crippen molar-refractivity contribution in [1.82, 2.24) is 4.98 Å². The number of aryl methyl sites for hydroxylation is 1. The van der Waals surface area contributed by atoms with Gasteiger partial charge in [0.1, 0.15) is 23.1 Å². The summed E-state index contributed by atoms with van der Waals surface area (Å²) in [4.78, 5) is 21.7. The van der Waals surface area contributed by atoms with E-state index >= 15 is 0 Å². The number of anilines is 1. The monoisotopic (exact) mass is 483 g/mol. The van der Waals surface area contributed by atoms with Gasteiger partial charge in [0, 0.05) is 23.5 Å². The molecule has 5 rings (SSSR count). The van der Waals surface area contributed by atoms with E-state index in [-0.39, 0.29) is 11.7 Å². The average Bonchev–Trinajstić information content (AvgIpc) is 3.70. The van der Waals surface area contributed by atoms with Crippen molar-refractivity contribution in [2.45, 2.75) is 26.2 Å². The van der Waals surface area contributed by atoms with Gasteiger partial charge in [0.25, 0.3) is 0 Å². The van der Waals surface area contributed by atoms with Crippen LogP contribution in [0.4, 0.5) is 15.8 Å². The number of rotatable bonds is 8. The number of amides is 1. The van der Waals surface area contributed by atoms with Gasteiger partial charge in [-0.05, 0) is 91.6 Å². The smallest absolute Gasteiger partial charge is 0.235 e. The van der Waals surface area contributed by atoms with Crippen LogP contribution in [0.15, 0.2) is 77.9 Å². The Morgan fingerprint density at radius 1 is 1.08 bits per heavy atom. The third kappa shape index (κ3) is 4.91. The van der Waals surface area contributed by atoms with E-state index in [9.17, 15) is 9.18 Å². The molecule has 1 aliphatic rings. The molecule has 1 saturated carbocycles. The molecular weight excluding hydrogens is 457 g/mol. The van der Waals surface area contributed by atoms with E-state index in [1.165, 1.54) is 12.1 Å². The van der Waals surface area contributed by atoms with Crippen LogP contribution in [-0.2, 0) is 11.2 Å². The lowest BCUT2D eigenvalue weighted by molar-refractivity contribution is -0.118. The minimum Gasteiger partial charge on any atom is -0.496 e. The van der Waals surface area contributed by atoms with Crippen LogP contribution < -0.4 is 14.8 Å². The minimum absolute atomic E-state index is 0.110. The molecule has 0 radical (unpaired) electrons. The summed E-state index contributed by atoms with van der Waals surface area (Å²) in [6.45, 7) is 2.08. The predicted molar refractivity (Wildman–Crippen MR) is 139 cm³/mol. The second-order valence-corrected chi connectivity index (χ2v) is 8.82. The molecule has 0 bridgehead atoms. The number of fused-ring (bicyclic) bond motifs is 1. The van der Waals surface area contributed by atoms with E-state index in [0.29, 0.717) is 22.9 Å². The SMILES string of the molecule is CCc1cc2nccc(Oc3ccc(NC(=O)C4(C=Nc5ccc(F)cc5)CC4)cc3)c2cc1OC. The number of benzene rings is 3. The fourth-order valence-corrected chi connectivity index (χ4v) is 4.01. The molecule has 1 heterocycles. The van der Waals surface area contributed by atoms with Gasteiger partial charge in [-0.15, -0.1) is 0 Å². The van der Waals surface area contributed by atoms with Crippen molar-refractivity contribution in [3.8, 4) is 17.2 Å². The van der Waals surface area contributed by atoms with Gasteiger partial charge in [0.05, 0.1) is 23.7 Å². The van der Waals surface area contributed by atoms with Gasteiger partial charge in [-0.1, -0.05) is 6.92 Å². The van der Waals surface area contributed by atoms with Gasteiger partial charge in [-0.2, -0.15) is 0 Å². The molecule has 0 aliphatic heterocycles. The van der Waals surface area contributed by atoms with Crippen LogP contribution in [0.2, 0.25) is 0 Å². The number of aromatic nitrogens is 1. The lowest BCUT2D eigenvalue weighted by atomic mass is 10.1. The van der Waals surface area contributed by atoms with E-state index in [1.54, 1.807) is 43.8 Å². The van der Waals surface area contributed by atoms with E-state index in [0.717, 1.165) is 41.5 Å². The largest absolute Gasteiger partial charge is 0.496 e. The normalized spacial score (nSPS) is 14.1. The maximum Gasteiger partial charge on any atom is 0.235 e.